The van der Waals surface area contributed by atoms with E-state index >= 15 is 0 Å². The van der Waals surface area contributed by atoms with Crippen molar-refractivity contribution in [1.29, 1.82) is 0 Å². The monoisotopic (exact) mass is 274 g/mol. The Labute approximate surface area is 115 Å². The minimum absolute atomic E-state index is 0.280. The molecule has 0 aliphatic carbocycles. The predicted octanol–water partition coefficient (Wildman–Crippen LogP) is 3.96. The molecule has 0 N–H and O–H groups in total. The van der Waals surface area contributed by atoms with Gasteiger partial charge in [0.15, 0.2) is 0 Å². The van der Waals surface area contributed by atoms with Gasteiger partial charge in [0.2, 0.25) is 0 Å². The van der Waals surface area contributed by atoms with Crippen molar-refractivity contribution in [2.24, 2.45) is 0 Å². The van der Waals surface area contributed by atoms with Crippen LogP contribution < -0.4 is 0 Å². The molecule has 0 amide bonds. The summed E-state index contributed by atoms with van der Waals surface area (Å²) in [7, 11) is 0. The molecule has 3 rings (SSSR count). The normalized spacial score (nSPS) is 11.1. The second kappa shape index (κ2) is 5.02. The third-order valence-electron chi connectivity index (χ3n) is 3.09. The zero-order chi connectivity index (χ0) is 13.2. The molecule has 19 heavy (non-hydrogen) atoms. The standard InChI is InChI=1S/C15H12ClFN2/c16-9-15-18-13-8-12(17)6-7-14(13)19(15)10-11-4-2-1-3-5-11/h1-8H,9-10H2. The Hall–Kier alpha value is -1.87. The minimum atomic E-state index is -0.280. The maximum absolute atomic E-state index is 13.2. The molecular weight excluding hydrogens is 263 g/mol. The number of hydrogen-bond donors (Lipinski definition) is 0. The molecule has 0 atom stereocenters. The fourth-order valence-electron chi connectivity index (χ4n) is 2.20. The zero-order valence-corrected chi connectivity index (χ0v) is 10.9. The highest BCUT2D eigenvalue weighted by Crippen LogP contribution is 2.20. The highest BCUT2D eigenvalue weighted by molar-refractivity contribution is 6.16. The zero-order valence-electron chi connectivity index (χ0n) is 10.2. The molecule has 4 heteroatoms. The predicted molar refractivity (Wildman–Crippen MR) is 74.8 cm³/mol. The number of hydrogen-bond acceptors (Lipinski definition) is 1. The third-order valence-corrected chi connectivity index (χ3v) is 3.33. The van der Waals surface area contributed by atoms with Gasteiger partial charge in [-0.1, -0.05) is 30.3 Å². The lowest BCUT2D eigenvalue weighted by atomic mass is 10.2. The summed E-state index contributed by atoms with van der Waals surface area (Å²) in [5, 5.41) is 0. The van der Waals surface area contributed by atoms with Crippen LogP contribution in [0.15, 0.2) is 48.5 Å². The number of fused-ring (bicyclic) bond motifs is 1. The molecule has 2 nitrogen and oxygen atoms in total. The van der Waals surface area contributed by atoms with Gasteiger partial charge < -0.3 is 4.57 Å². The third kappa shape index (κ3) is 2.34. The molecule has 3 aromatic rings. The maximum Gasteiger partial charge on any atom is 0.125 e. The van der Waals surface area contributed by atoms with E-state index in [-0.39, 0.29) is 5.82 Å². The molecule has 1 heterocycles. The van der Waals surface area contributed by atoms with Crippen LogP contribution >= 0.6 is 11.6 Å². The van der Waals surface area contributed by atoms with Crippen LogP contribution in [0.4, 0.5) is 4.39 Å². The van der Waals surface area contributed by atoms with Crippen molar-refractivity contribution in [3.8, 4) is 0 Å². The molecular formula is C15H12ClFN2. The first-order valence-corrected chi connectivity index (χ1v) is 6.56. The van der Waals surface area contributed by atoms with Gasteiger partial charge in [0, 0.05) is 12.6 Å². The first-order valence-electron chi connectivity index (χ1n) is 6.02. The molecule has 0 radical (unpaired) electrons. The number of rotatable bonds is 3. The quantitative estimate of drug-likeness (QED) is 0.661. The van der Waals surface area contributed by atoms with Crippen molar-refractivity contribution in [2.75, 3.05) is 0 Å². The molecule has 0 aliphatic rings. The van der Waals surface area contributed by atoms with Gasteiger partial charge in [-0.2, -0.15) is 0 Å². The van der Waals surface area contributed by atoms with Crippen molar-refractivity contribution in [2.45, 2.75) is 12.4 Å². The summed E-state index contributed by atoms with van der Waals surface area (Å²) in [6.07, 6.45) is 0. The van der Waals surface area contributed by atoms with E-state index in [9.17, 15) is 4.39 Å². The van der Waals surface area contributed by atoms with Gasteiger partial charge in [-0.05, 0) is 17.7 Å². The van der Waals surface area contributed by atoms with E-state index in [1.165, 1.54) is 12.1 Å². The van der Waals surface area contributed by atoms with Crippen LogP contribution in [0.1, 0.15) is 11.4 Å². The summed E-state index contributed by atoms with van der Waals surface area (Å²) in [5.74, 6) is 0.785. The molecule has 0 bridgehead atoms. The average Bonchev–Trinajstić information content (AvgIpc) is 2.77. The first kappa shape index (κ1) is 12.2. The fourth-order valence-corrected chi connectivity index (χ4v) is 2.40. The lowest BCUT2D eigenvalue weighted by Crippen LogP contribution is -2.03. The molecule has 0 saturated heterocycles. The van der Waals surface area contributed by atoms with E-state index in [0.717, 1.165) is 16.9 Å². The summed E-state index contributed by atoms with van der Waals surface area (Å²) in [5.41, 5.74) is 2.71. The number of aromatic nitrogens is 2. The molecule has 96 valence electrons. The summed E-state index contributed by atoms with van der Waals surface area (Å²) in [6.45, 7) is 0.686. The Morgan fingerprint density at radius 1 is 1.11 bits per heavy atom. The Morgan fingerprint density at radius 3 is 2.63 bits per heavy atom. The lowest BCUT2D eigenvalue weighted by molar-refractivity contribution is 0.629. The maximum atomic E-state index is 13.2. The summed E-state index contributed by atoms with van der Waals surface area (Å²) >= 11 is 5.93. The van der Waals surface area contributed by atoms with Gasteiger partial charge in [-0.3, -0.25) is 0 Å². The van der Waals surface area contributed by atoms with E-state index in [1.54, 1.807) is 6.07 Å². The topological polar surface area (TPSA) is 17.8 Å². The van der Waals surface area contributed by atoms with Crippen LogP contribution in [-0.2, 0) is 12.4 Å². The van der Waals surface area contributed by atoms with E-state index in [2.05, 4.69) is 4.98 Å². The minimum Gasteiger partial charge on any atom is -0.322 e. The fraction of sp³-hybridized carbons (Fsp3) is 0.133. The number of imidazole rings is 1. The summed E-state index contributed by atoms with van der Waals surface area (Å²) in [4.78, 5) is 4.38. The molecule has 0 aliphatic heterocycles. The molecule has 0 fully saturated rings. The highest BCUT2D eigenvalue weighted by atomic mass is 35.5. The molecule has 1 aromatic heterocycles. The van der Waals surface area contributed by atoms with Gasteiger partial charge >= 0.3 is 0 Å². The summed E-state index contributed by atoms with van der Waals surface area (Å²) in [6, 6.07) is 14.7. The van der Waals surface area contributed by atoms with Crippen molar-refractivity contribution in [3.05, 3.63) is 65.7 Å². The SMILES string of the molecule is Fc1ccc2c(c1)nc(CCl)n2Cc1ccccc1. The van der Waals surface area contributed by atoms with Gasteiger partial charge in [-0.15, -0.1) is 11.6 Å². The van der Waals surface area contributed by atoms with E-state index in [0.29, 0.717) is 17.9 Å². The number of halogens is 2. The van der Waals surface area contributed by atoms with Crippen LogP contribution in [0.25, 0.3) is 11.0 Å². The Kier molecular flexibility index (Phi) is 3.22. The van der Waals surface area contributed by atoms with Crippen LogP contribution in [0.2, 0.25) is 0 Å². The smallest absolute Gasteiger partial charge is 0.125 e. The van der Waals surface area contributed by atoms with Crippen molar-refractivity contribution in [3.63, 3.8) is 0 Å². The Balaban J connectivity index is 2.11. The summed E-state index contributed by atoms with van der Waals surface area (Å²) < 4.78 is 15.3. The van der Waals surface area contributed by atoms with Crippen LogP contribution in [0, 0.1) is 5.82 Å². The highest BCUT2D eigenvalue weighted by Gasteiger charge is 2.10. The van der Waals surface area contributed by atoms with Crippen LogP contribution in [0.3, 0.4) is 0 Å². The average molecular weight is 275 g/mol. The number of nitrogens with zero attached hydrogens (tertiary/aromatic N) is 2. The molecule has 0 spiro atoms. The first-order chi connectivity index (χ1) is 9.28. The Morgan fingerprint density at radius 2 is 1.89 bits per heavy atom. The van der Waals surface area contributed by atoms with Gasteiger partial charge in [-0.25, -0.2) is 9.37 Å². The number of alkyl halides is 1. The van der Waals surface area contributed by atoms with Gasteiger partial charge in [0.1, 0.15) is 11.6 Å². The van der Waals surface area contributed by atoms with E-state index < -0.39 is 0 Å². The largest absolute Gasteiger partial charge is 0.322 e. The molecule has 0 saturated carbocycles. The van der Waals surface area contributed by atoms with Crippen LogP contribution in [0.5, 0.6) is 0 Å². The molecule has 2 aromatic carbocycles. The van der Waals surface area contributed by atoms with Crippen molar-refractivity contribution in [1.82, 2.24) is 9.55 Å². The van der Waals surface area contributed by atoms with Crippen LogP contribution in [-0.4, -0.2) is 9.55 Å². The second-order valence-corrected chi connectivity index (χ2v) is 4.63. The van der Waals surface area contributed by atoms with E-state index in [4.69, 9.17) is 11.6 Å². The van der Waals surface area contributed by atoms with Gasteiger partial charge in [0.25, 0.3) is 0 Å². The Bertz CT molecular complexity index is 707. The van der Waals surface area contributed by atoms with Gasteiger partial charge in [0.05, 0.1) is 16.9 Å². The van der Waals surface area contributed by atoms with E-state index in [1.807, 2.05) is 34.9 Å². The number of benzene rings is 2. The van der Waals surface area contributed by atoms with Crippen molar-refractivity contribution >= 4 is 22.6 Å². The lowest BCUT2D eigenvalue weighted by Gasteiger charge is -2.07. The second-order valence-electron chi connectivity index (χ2n) is 4.37. The van der Waals surface area contributed by atoms with Crippen molar-refractivity contribution < 1.29 is 4.39 Å². The molecule has 0 unspecified atom stereocenters.